The molecule has 0 saturated heterocycles. The lowest BCUT2D eigenvalue weighted by atomic mass is 9.95. The van der Waals surface area contributed by atoms with Crippen molar-refractivity contribution < 1.29 is 14.3 Å². The van der Waals surface area contributed by atoms with Gasteiger partial charge in [-0.2, -0.15) is 0 Å². The average molecular weight is 263 g/mol. The molecule has 0 aliphatic rings. The predicted octanol–water partition coefficient (Wildman–Crippen LogP) is 2.20. The Kier molecular flexibility index (Phi) is 6.06. The molecule has 0 aliphatic heterocycles. The van der Waals surface area contributed by atoms with Gasteiger partial charge in [-0.05, 0) is 12.0 Å². The minimum Gasteiger partial charge on any atom is -0.469 e. The number of benzene rings is 1. The van der Waals surface area contributed by atoms with Crippen molar-refractivity contribution in [3.05, 3.63) is 35.9 Å². The third kappa shape index (κ3) is 4.39. The van der Waals surface area contributed by atoms with Gasteiger partial charge >= 0.3 is 5.97 Å². The highest BCUT2D eigenvalue weighted by Gasteiger charge is 2.22. The van der Waals surface area contributed by atoms with Crippen LogP contribution in [0.25, 0.3) is 0 Å². The van der Waals surface area contributed by atoms with Gasteiger partial charge in [0.15, 0.2) is 0 Å². The van der Waals surface area contributed by atoms with Gasteiger partial charge in [-0.3, -0.25) is 9.59 Å². The van der Waals surface area contributed by atoms with Gasteiger partial charge in [0.25, 0.3) is 0 Å². The molecule has 0 aliphatic carbocycles. The molecule has 1 aromatic carbocycles. The second kappa shape index (κ2) is 7.56. The molecule has 4 nitrogen and oxygen atoms in total. The quantitative estimate of drug-likeness (QED) is 0.739. The summed E-state index contributed by atoms with van der Waals surface area (Å²) < 4.78 is 4.57. The van der Waals surface area contributed by atoms with Crippen LogP contribution in [0.15, 0.2) is 30.3 Å². The van der Waals surface area contributed by atoms with Crippen LogP contribution < -0.4 is 0 Å². The number of likely N-dealkylation sites (N-methyl/N-ethyl adjacent to an activating group) is 1. The summed E-state index contributed by atoms with van der Waals surface area (Å²) in [5.74, 6) is -0.408. The van der Waals surface area contributed by atoms with Crippen molar-refractivity contribution in [2.75, 3.05) is 20.7 Å². The van der Waals surface area contributed by atoms with E-state index < -0.39 is 0 Å². The highest BCUT2D eigenvalue weighted by atomic mass is 16.5. The molecule has 0 heterocycles. The molecule has 1 amide bonds. The number of hydrogen-bond donors (Lipinski definition) is 0. The van der Waals surface area contributed by atoms with Crippen LogP contribution in [0.3, 0.4) is 0 Å². The lowest BCUT2D eigenvalue weighted by Gasteiger charge is -2.23. The van der Waals surface area contributed by atoms with E-state index in [4.69, 9.17) is 0 Å². The Morgan fingerprint density at radius 2 is 1.89 bits per heavy atom. The van der Waals surface area contributed by atoms with Crippen molar-refractivity contribution in [2.45, 2.75) is 25.7 Å². The predicted molar refractivity (Wildman–Crippen MR) is 73.7 cm³/mol. The van der Waals surface area contributed by atoms with Crippen molar-refractivity contribution in [3.8, 4) is 0 Å². The summed E-state index contributed by atoms with van der Waals surface area (Å²) in [6.07, 6.45) is 0.968. The lowest BCUT2D eigenvalue weighted by Crippen LogP contribution is -2.33. The fourth-order valence-corrected chi connectivity index (χ4v) is 1.98. The van der Waals surface area contributed by atoms with Gasteiger partial charge in [0.1, 0.15) is 0 Å². The first-order valence-corrected chi connectivity index (χ1v) is 6.46. The van der Waals surface area contributed by atoms with E-state index in [0.29, 0.717) is 6.54 Å². The lowest BCUT2D eigenvalue weighted by molar-refractivity contribution is -0.141. The maximum absolute atomic E-state index is 12.3. The first kappa shape index (κ1) is 15.2. The third-order valence-electron chi connectivity index (χ3n) is 3.16. The summed E-state index contributed by atoms with van der Waals surface area (Å²) in [6, 6.07) is 9.71. The smallest absolute Gasteiger partial charge is 0.307 e. The van der Waals surface area contributed by atoms with Gasteiger partial charge in [-0.1, -0.05) is 37.3 Å². The molecular weight excluding hydrogens is 242 g/mol. The van der Waals surface area contributed by atoms with Crippen molar-refractivity contribution in [1.82, 2.24) is 4.90 Å². The van der Waals surface area contributed by atoms with Crippen LogP contribution in [0.4, 0.5) is 0 Å². The molecule has 0 aromatic heterocycles. The van der Waals surface area contributed by atoms with Crippen molar-refractivity contribution in [2.24, 2.45) is 0 Å². The summed E-state index contributed by atoms with van der Waals surface area (Å²) in [6.45, 7) is 2.37. The summed E-state index contributed by atoms with van der Waals surface area (Å²) in [4.78, 5) is 25.0. The Labute approximate surface area is 114 Å². The zero-order chi connectivity index (χ0) is 14.3. The van der Waals surface area contributed by atoms with Crippen molar-refractivity contribution in [3.63, 3.8) is 0 Å². The number of methoxy groups -OCH3 is 1. The van der Waals surface area contributed by atoms with Gasteiger partial charge in [0, 0.05) is 13.6 Å². The van der Waals surface area contributed by atoms with Crippen LogP contribution >= 0.6 is 0 Å². The number of ether oxygens (including phenoxy) is 1. The second-order valence-corrected chi connectivity index (χ2v) is 4.46. The topological polar surface area (TPSA) is 46.6 Å². The highest BCUT2D eigenvalue weighted by Crippen LogP contribution is 2.21. The van der Waals surface area contributed by atoms with E-state index >= 15 is 0 Å². The number of rotatable bonds is 6. The monoisotopic (exact) mass is 263 g/mol. The van der Waals surface area contributed by atoms with Crippen LogP contribution in [-0.2, 0) is 14.3 Å². The van der Waals surface area contributed by atoms with Gasteiger partial charge in [0.05, 0.1) is 19.4 Å². The molecule has 0 radical (unpaired) electrons. The molecule has 19 heavy (non-hydrogen) atoms. The summed E-state index contributed by atoms with van der Waals surface area (Å²) in [5.41, 5.74) is 1.01. The van der Waals surface area contributed by atoms with Gasteiger partial charge < -0.3 is 9.64 Å². The second-order valence-electron chi connectivity index (χ2n) is 4.46. The third-order valence-corrected chi connectivity index (χ3v) is 3.16. The zero-order valence-corrected chi connectivity index (χ0v) is 11.8. The molecule has 104 valence electrons. The average Bonchev–Trinajstić information content (AvgIpc) is 2.46. The molecule has 1 rings (SSSR count). The number of carbonyl (C=O) groups excluding carboxylic acids is 2. The highest BCUT2D eigenvalue weighted by molar-refractivity contribution is 5.83. The van der Waals surface area contributed by atoms with Crippen LogP contribution in [0.1, 0.15) is 31.2 Å². The number of esters is 1. The maximum atomic E-state index is 12.3. The maximum Gasteiger partial charge on any atom is 0.307 e. The largest absolute Gasteiger partial charge is 0.469 e. The Hall–Kier alpha value is -1.84. The minimum atomic E-state index is -0.299. The number of nitrogens with zero attached hydrogens (tertiary/aromatic N) is 1. The van der Waals surface area contributed by atoms with Gasteiger partial charge in [-0.15, -0.1) is 0 Å². The molecule has 0 saturated carbocycles. The Bertz CT molecular complexity index is 417. The Morgan fingerprint density at radius 3 is 2.42 bits per heavy atom. The first-order chi connectivity index (χ1) is 9.10. The molecule has 4 heteroatoms. The van der Waals surface area contributed by atoms with Crippen LogP contribution in [-0.4, -0.2) is 37.5 Å². The fraction of sp³-hybridized carbons (Fsp3) is 0.467. The Morgan fingerprint density at radius 1 is 1.26 bits per heavy atom. The van der Waals surface area contributed by atoms with E-state index in [1.54, 1.807) is 11.9 Å². The van der Waals surface area contributed by atoms with Crippen LogP contribution in [0.2, 0.25) is 0 Å². The standard InChI is InChI=1S/C15H21NO3/c1-4-13(12-8-6-5-7-9-12)15(18)16(2)11-10-14(17)19-3/h5-9,13H,4,10-11H2,1-3H3. The zero-order valence-electron chi connectivity index (χ0n) is 11.8. The SMILES string of the molecule is CCC(C(=O)N(C)CCC(=O)OC)c1ccccc1. The Balaban J connectivity index is 2.66. The molecule has 0 spiro atoms. The van der Waals surface area contributed by atoms with Crippen LogP contribution in [0.5, 0.6) is 0 Å². The number of amides is 1. The van der Waals surface area contributed by atoms with E-state index in [1.807, 2.05) is 37.3 Å². The van der Waals surface area contributed by atoms with Crippen molar-refractivity contribution >= 4 is 11.9 Å². The summed E-state index contributed by atoms with van der Waals surface area (Å²) >= 11 is 0. The van der Waals surface area contributed by atoms with E-state index in [-0.39, 0.29) is 24.2 Å². The normalized spacial score (nSPS) is 11.7. The molecule has 0 N–H and O–H groups in total. The molecule has 1 atom stereocenters. The summed E-state index contributed by atoms with van der Waals surface area (Å²) in [7, 11) is 3.07. The molecule has 1 aromatic rings. The van der Waals surface area contributed by atoms with Gasteiger partial charge in [-0.25, -0.2) is 0 Å². The van der Waals surface area contributed by atoms with Gasteiger partial charge in [0.2, 0.25) is 5.91 Å². The molecule has 0 bridgehead atoms. The van der Waals surface area contributed by atoms with E-state index in [0.717, 1.165) is 12.0 Å². The van der Waals surface area contributed by atoms with E-state index in [1.165, 1.54) is 7.11 Å². The summed E-state index contributed by atoms with van der Waals surface area (Å²) in [5, 5.41) is 0. The number of hydrogen-bond acceptors (Lipinski definition) is 3. The molecular formula is C15H21NO3. The van der Waals surface area contributed by atoms with Crippen LogP contribution in [0, 0.1) is 0 Å². The molecule has 0 fully saturated rings. The van der Waals surface area contributed by atoms with Crippen molar-refractivity contribution in [1.29, 1.82) is 0 Å². The van der Waals surface area contributed by atoms with E-state index in [9.17, 15) is 9.59 Å². The minimum absolute atomic E-state index is 0.0394. The number of carbonyl (C=O) groups is 2. The molecule has 1 unspecified atom stereocenters. The first-order valence-electron chi connectivity index (χ1n) is 6.46. The van der Waals surface area contributed by atoms with E-state index in [2.05, 4.69) is 4.74 Å². The fourth-order valence-electron chi connectivity index (χ4n) is 1.98.